The summed E-state index contributed by atoms with van der Waals surface area (Å²) < 4.78 is 0. The molecule has 5 heteroatoms. The third-order valence-corrected chi connectivity index (χ3v) is 3.15. The molecule has 104 valence electrons. The molecule has 2 aromatic rings. The van der Waals surface area contributed by atoms with Crippen molar-refractivity contribution in [2.24, 2.45) is 0 Å². The first-order chi connectivity index (χ1) is 9.60. The summed E-state index contributed by atoms with van der Waals surface area (Å²) in [6.45, 7) is 4.96. The molecule has 4 nitrogen and oxygen atoms in total. The zero-order valence-corrected chi connectivity index (χ0v) is 12.3. The first kappa shape index (κ1) is 14.5. The van der Waals surface area contributed by atoms with Crippen molar-refractivity contribution in [3.8, 4) is 0 Å². The smallest absolute Gasteiger partial charge is 0.254 e. The van der Waals surface area contributed by atoms with Crippen LogP contribution in [-0.2, 0) is 6.54 Å². The highest BCUT2D eigenvalue weighted by Crippen LogP contribution is 2.12. The predicted molar refractivity (Wildman–Crippen MR) is 78.6 cm³/mol. The number of rotatable bonds is 4. The fourth-order valence-corrected chi connectivity index (χ4v) is 2.10. The van der Waals surface area contributed by atoms with Gasteiger partial charge < -0.3 is 4.90 Å². The van der Waals surface area contributed by atoms with Crippen molar-refractivity contribution >= 4 is 17.5 Å². The number of amides is 1. The maximum Gasteiger partial charge on any atom is 0.254 e. The van der Waals surface area contributed by atoms with Gasteiger partial charge in [-0.1, -0.05) is 17.7 Å². The molecule has 0 bridgehead atoms. The summed E-state index contributed by atoms with van der Waals surface area (Å²) in [4.78, 5) is 22.5. The van der Waals surface area contributed by atoms with E-state index in [0.717, 1.165) is 11.4 Å². The molecule has 0 aromatic carbocycles. The van der Waals surface area contributed by atoms with Crippen molar-refractivity contribution in [3.63, 3.8) is 0 Å². The molecule has 0 aliphatic heterocycles. The first-order valence-electron chi connectivity index (χ1n) is 6.43. The normalized spacial score (nSPS) is 10.3. The summed E-state index contributed by atoms with van der Waals surface area (Å²) in [5.74, 6) is -0.0693. The maximum absolute atomic E-state index is 12.4. The van der Waals surface area contributed by atoms with Crippen LogP contribution >= 0.6 is 11.6 Å². The largest absolute Gasteiger partial charge is 0.333 e. The van der Waals surface area contributed by atoms with E-state index in [0.29, 0.717) is 23.8 Å². The Hall–Kier alpha value is -1.94. The van der Waals surface area contributed by atoms with Crippen LogP contribution in [0.3, 0.4) is 0 Å². The van der Waals surface area contributed by atoms with Crippen molar-refractivity contribution in [3.05, 3.63) is 58.6 Å². The Morgan fingerprint density at radius 1 is 1.35 bits per heavy atom. The van der Waals surface area contributed by atoms with Crippen LogP contribution in [0.1, 0.15) is 28.7 Å². The Morgan fingerprint density at radius 3 is 2.80 bits per heavy atom. The molecule has 0 aliphatic rings. The number of carbonyl (C=O) groups excluding carboxylic acids is 1. The van der Waals surface area contributed by atoms with Crippen LogP contribution in [0.5, 0.6) is 0 Å². The monoisotopic (exact) mass is 289 g/mol. The van der Waals surface area contributed by atoms with Crippen molar-refractivity contribution < 1.29 is 4.79 Å². The van der Waals surface area contributed by atoms with E-state index >= 15 is 0 Å². The highest BCUT2D eigenvalue weighted by Gasteiger charge is 2.15. The summed E-state index contributed by atoms with van der Waals surface area (Å²) in [6.07, 6.45) is 1.54. The van der Waals surface area contributed by atoms with Gasteiger partial charge in [0.2, 0.25) is 0 Å². The molecule has 0 saturated heterocycles. The minimum Gasteiger partial charge on any atom is -0.333 e. The average Bonchev–Trinajstić information content (AvgIpc) is 2.44. The van der Waals surface area contributed by atoms with E-state index in [4.69, 9.17) is 11.6 Å². The lowest BCUT2D eigenvalue weighted by Crippen LogP contribution is -2.30. The van der Waals surface area contributed by atoms with Gasteiger partial charge in [0.1, 0.15) is 5.15 Å². The van der Waals surface area contributed by atoms with E-state index in [9.17, 15) is 4.79 Å². The number of nitrogens with zero attached hydrogens (tertiary/aromatic N) is 3. The topological polar surface area (TPSA) is 46.1 Å². The zero-order chi connectivity index (χ0) is 14.5. The van der Waals surface area contributed by atoms with Gasteiger partial charge in [0.15, 0.2) is 0 Å². The molecule has 1 amide bonds. The Morgan fingerprint density at radius 2 is 2.15 bits per heavy atom. The van der Waals surface area contributed by atoms with Gasteiger partial charge in [-0.25, -0.2) is 4.98 Å². The lowest BCUT2D eigenvalue weighted by Gasteiger charge is -2.20. The van der Waals surface area contributed by atoms with E-state index in [1.165, 1.54) is 6.20 Å². The van der Waals surface area contributed by atoms with Crippen molar-refractivity contribution in [2.45, 2.75) is 20.4 Å². The number of hydrogen-bond acceptors (Lipinski definition) is 3. The number of aryl methyl sites for hydroxylation is 1. The van der Waals surface area contributed by atoms with E-state index < -0.39 is 0 Å². The summed E-state index contributed by atoms with van der Waals surface area (Å²) >= 11 is 5.82. The summed E-state index contributed by atoms with van der Waals surface area (Å²) in [6, 6.07) is 9.04. The molecule has 0 fully saturated rings. The van der Waals surface area contributed by atoms with Gasteiger partial charge in [0, 0.05) is 24.0 Å². The van der Waals surface area contributed by atoms with Crippen LogP contribution in [0.15, 0.2) is 36.5 Å². The Kier molecular flexibility index (Phi) is 4.69. The molecule has 0 spiro atoms. The molecule has 0 N–H and O–H groups in total. The summed E-state index contributed by atoms with van der Waals surface area (Å²) in [7, 11) is 0. The number of hydrogen-bond donors (Lipinski definition) is 0. The van der Waals surface area contributed by atoms with Crippen LogP contribution < -0.4 is 0 Å². The second-order valence-electron chi connectivity index (χ2n) is 4.46. The number of carbonyl (C=O) groups is 1. The van der Waals surface area contributed by atoms with Gasteiger partial charge in [-0.05, 0) is 38.1 Å². The lowest BCUT2D eigenvalue weighted by atomic mass is 10.2. The average molecular weight is 290 g/mol. The highest BCUT2D eigenvalue weighted by molar-refractivity contribution is 6.29. The van der Waals surface area contributed by atoms with Crippen LogP contribution in [0.2, 0.25) is 5.15 Å². The van der Waals surface area contributed by atoms with Crippen LogP contribution in [0.4, 0.5) is 0 Å². The molecule has 2 heterocycles. The fourth-order valence-electron chi connectivity index (χ4n) is 1.93. The van der Waals surface area contributed by atoms with E-state index in [2.05, 4.69) is 9.97 Å². The quantitative estimate of drug-likeness (QED) is 0.813. The Balaban J connectivity index is 2.18. The van der Waals surface area contributed by atoms with Crippen LogP contribution in [-0.4, -0.2) is 27.3 Å². The molecular formula is C15H16ClN3O. The molecule has 2 aromatic heterocycles. The molecule has 0 aliphatic carbocycles. The highest BCUT2D eigenvalue weighted by atomic mass is 35.5. The molecule has 0 unspecified atom stereocenters. The van der Waals surface area contributed by atoms with Gasteiger partial charge >= 0.3 is 0 Å². The van der Waals surface area contributed by atoms with Crippen LogP contribution in [0.25, 0.3) is 0 Å². The van der Waals surface area contributed by atoms with Gasteiger partial charge in [-0.3, -0.25) is 9.78 Å². The van der Waals surface area contributed by atoms with Gasteiger partial charge in [-0.2, -0.15) is 0 Å². The van der Waals surface area contributed by atoms with Gasteiger partial charge in [0.05, 0.1) is 12.2 Å². The standard InChI is InChI=1S/C15H16ClN3O/c1-3-19(10-13-6-4-5-11(2)18-13)15(20)12-7-8-17-14(16)9-12/h4-9H,3,10H2,1-2H3. The summed E-state index contributed by atoms with van der Waals surface area (Å²) in [5.41, 5.74) is 2.36. The van der Waals surface area contributed by atoms with E-state index in [-0.39, 0.29) is 5.91 Å². The number of halogens is 1. The SMILES string of the molecule is CCN(Cc1cccc(C)n1)C(=O)c1ccnc(Cl)c1. The maximum atomic E-state index is 12.4. The Labute approximate surface area is 123 Å². The zero-order valence-electron chi connectivity index (χ0n) is 11.5. The second kappa shape index (κ2) is 6.48. The van der Waals surface area contributed by atoms with E-state index in [1.54, 1.807) is 17.0 Å². The van der Waals surface area contributed by atoms with Crippen molar-refractivity contribution in [1.29, 1.82) is 0 Å². The molecule has 20 heavy (non-hydrogen) atoms. The lowest BCUT2D eigenvalue weighted by molar-refractivity contribution is 0.0750. The fraction of sp³-hybridized carbons (Fsp3) is 0.267. The second-order valence-corrected chi connectivity index (χ2v) is 4.84. The van der Waals surface area contributed by atoms with Crippen molar-refractivity contribution in [2.75, 3.05) is 6.54 Å². The Bertz CT molecular complexity index is 616. The molecular weight excluding hydrogens is 274 g/mol. The number of pyridine rings is 2. The molecule has 0 atom stereocenters. The van der Waals surface area contributed by atoms with Gasteiger partial charge in [-0.15, -0.1) is 0 Å². The molecule has 2 rings (SSSR count). The van der Waals surface area contributed by atoms with Crippen LogP contribution in [0, 0.1) is 6.92 Å². The number of aromatic nitrogens is 2. The predicted octanol–water partition coefficient (Wildman–Crippen LogP) is 3.10. The molecule has 0 radical (unpaired) electrons. The third kappa shape index (κ3) is 3.54. The van der Waals surface area contributed by atoms with E-state index in [1.807, 2.05) is 32.0 Å². The molecule has 0 saturated carbocycles. The minimum atomic E-state index is -0.0693. The van der Waals surface area contributed by atoms with Gasteiger partial charge in [0.25, 0.3) is 5.91 Å². The first-order valence-corrected chi connectivity index (χ1v) is 6.81. The summed E-state index contributed by atoms with van der Waals surface area (Å²) in [5, 5.41) is 0.320. The third-order valence-electron chi connectivity index (χ3n) is 2.94. The van der Waals surface area contributed by atoms with Crippen molar-refractivity contribution in [1.82, 2.24) is 14.9 Å². The minimum absolute atomic E-state index is 0.0693.